The first-order chi connectivity index (χ1) is 14.9. The molecule has 0 saturated heterocycles. The molecule has 4 N–H and O–H groups in total. The summed E-state index contributed by atoms with van der Waals surface area (Å²) in [5.41, 5.74) is 8.78. The molecule has 2 aromatic heterocycles. The molecular formula is C22H28Cl2N6O2S. The minimum atomic E-state index is -0.322. The fourth-order valence-electron chi connectivity index (χ4n) is 3.15. The number of anilines is 2. The number of aromatic nitrogens is 3. The molecule has 33 heavy (non-hydrogen) atoms. The Bertz CT molecular complexity index is 1140. The summed E-state index contributed by atoms with van der Waals surface area (Å²) in [5.74, 6) is 0.441. The number of benzene rings is 1. The van der Waals surface area contributed by atoms with E-state index < -0.39 is 0 Å². The first kappa shape index (κ1) is 28.3. The number of hydrogen-bond donors (Lipinski definition) is 3. The Morgan fingerprint density at radius 1 is 1.21 bits per heavy atom. The van der Waals surface area contributed by atoms with Crippen LogP contribution in [0.15, 0.2) is 52.4 Å². The lowest BCUT2D eigenvalue weighted by Gasteiger charge is -2.16. The molecule has 178 valence electrons. The van der Waals surface area contributed by atoms with Crippen molar-refractivity contribution in [3.05, 3.63) is 69.8 Å². The molecule has 0 bridgehead atoms. The molecule has 0 aliphatic rings. The number of nitrogens with two attached hydrogens (primary N) is 1. The number of amides is 1. The van der Waals surface area contributed by atoms with Gasteiger partial charge in [0, 0.05) is 19.3 Å². The summed E-state index contributed by atoms with van der Waals surface area (Å²) < 4.78 is 1.47. The third kappa shape index (κ3) is 6.86. The quantitative estimate of drug-likeness (QED) is 0.399. The van der Waals surface area contributed by atoms with E-state index in [1.165, 1.54) is 21.9 Å². The standard InChI is InChI=1S/C22H26N6O2S.2ClH/c1-14-16(12-18(29)24-2)11-17(23)21(27-14)28-19(31-3)13-26-20(22(28)30)25-10-9-15-7-5-4-6-8-15;;/h4-8,11,13H,9-10,12,23H2,1-3H3,(H,24,29)(H,25,26);2*1H. The average molecular weight is 511 g/mol. The fraction of sp³-hybridized carbons (Fsp3) is 0.273. The first-order valence-electron chi connectivity index (χ1n) is 9.85. The van der Waals surface area contributed by atoms with Gasteiger partial charge < -0.3 is 16.4 Å². The zero-order valence-electron chi connectivity index (χ0n) is 18.6. The third-order valence-corrected chi connectivity index (χ3v) is 5.56. The molecule has 1 amide bonds. The number of pyridine rings is 1. The molecule has 0 unspecified atom stereocenters. The van der Waals surface area contributed by atoms with Crippen LogP contribution in [0.1, 0.15) is 16.8 Å². The van der Waals surface area contributed by atoms with Crippen LogP contribution in [0.2, 0.25) is 0 Å². The second-order valence-electron chi connectivity index (χ2n) is 6.95. The van der Waals surface area contributed by atoms with Gasteiger partial charge in [0.1, 0.15) is 5.03 Å². The predicted molar refractivity (Wildman–Crippen MR) is 139 cm³/mol. The zero-order valence-corrected chi connectivity index (χ0v) is 21.1. The summed E-state index contributed by atoms with van der Waals surface area (Å²) in [5, 5.41) is 6.34. The first-order valence-corrected chi connectivity index (χ1v) is 11.1. The molecule has 0 aliphatic heterocycles. The lowest BCUT2D eigenvalue weighted by molar-refractivity contribution is -0.119. The van der Waals surface area contributed by atoms with Crippen LogP contribution in [-0.2, 0) is 17.6 Å². The number of nitrogens with zero attached hydrogens (tertiary/aromatic N) is 3. The van der Waals surface area contributed by atoms with E-state index in [9.17, 15) is 9.59 Å². The highest BCUT2D eigenvalue weighted by atomic mass is 35.5. The van der Waals surface area contributed by atoms with Crippen molar-refractivity contribution in [1.29, 1.82) is 0 Å². The van der Waals surface area contributed by atoms with Gasteiger partial charge in [0.05, 0.1) is 18.3 Å². The van der Waals surface area contributed by atoms with Gasteiger partial charge in [-0.05, 0) is 36.8 Å². The number of nitrogens with one attached hydrogen (secondary N) is 2. The van der Waals surface area contributed by atoms with Gasteiger partial charge in [-0.3, -0.25) is 9.59 Å². The van der Waals surface area contributed by atoms with Crippen LogP contribution >= 0.6 is 36.6 Å². The smallest absolute Gasteiger partial charge is 0.299 e. The molecule has 11 heteroatoms. The number of halogens is 2. The number of carbonyl (C=O) groups excluding carboxylic acids is 1. The Hall–Kier alpha value is -2.75. The number of likely N-dealkylation sites (N-methyl/N-ethyl adjacent to an activating group) is 1. The highest BCUT2D eigenvalue weighted by Gasteiger charge is 2.17. The van der Waals surface area contributed by atoms with Gasteiger partial charge >= 0.3 is 0 Å². The molecule has 0 atom stereocenters. The number of rotatable bonds is 8. The summed E-state index contributed by atoms with van der Waals surface area (Å²) >= 11 is 1.38. The highest BCUT2D eigenvalue weighted by Crippen LogP contribution is 2.23. The fourth-order valence-corrected chi connectivity index (χ4v) is 3.66. The minimum Gasteiger partial charge on any atom is -0.396 e. The van der Waals surface area contributed by atoms with Crippen molar-refractivity contribution in [2.45, 2.75) is 24.8 Å². The van der Waals surface area contributed by atoms with Gasteiger partial charge in [0.2, 0.25) is 5.91 Å². The van der Waals surface area contributed by atoms with E-state index in [2.05, 4.69) is 20.6 Å². The van der Waals surface area contributed by atoms with Crippen molar-refractivity contribution in [2.75, 3.05) is 30.9 Å². The maximum absolute atomic E-state index is 13.2. The Labute approximate surface area is 209 Å². The summed E-state index contributed by atoms with van der Waals surface area (Å²) in [4.78, 5) is 33.8. The van der Waals surface area contributed by atoms with E-state index in [1.54, 1.807) is 26.2 Å². The van der Waals surface area contributed by atoms with Crippen LogP contribution in [0.3, 0.4) is 0 Å². The Morgan fingerprint density at radius 3 is 2.55 bits per heavy atom. The van der Waals surface area contributed by atoms with Crippen molar-refractivity contribution >= 4 is 54.0 Å². The number of nitrogen functional groups attached to an aromatic ring is 1. The molecule has 0 spiro atoms. The molecule has 0 aliphatic carbocycles. The molecule has 1 aromatic carbocycles. The number of carbonyl (C=O) groups is 1. The number of aryl methyl sites for hydroxylation is 1. The van der Waals surface area contributed by atoms with Gasteiger partial charge in [0.25, 0.3) is 5.56 Å². The topological polar surface area (TPSA) is 115 Å². The third-order valence-electron chi connectivity index (χ3n) is 4.86. The van der Waals surface area contributed by atoms with Crippen LogP contribution < -0.4 is 21.9 Å². The van der Waals surface area contributed by atoms with Crippen LogP contribution in [0.4, 0.5) is 11.5 Å². The Balaban J connectivity index is 0.00000272. The van der Waals surface area contributed by atoms with Crippen molar-refractivity contribution in [3.63, 3.8) is 0 Å². The monoisotopic (exact) mass is 510 g/mol. The summed E-state index contributed by atoms with van der Waals surface area (Å²) in [7, 11) is 1.58. The largest absolute Gasteiger partial charge is 0.396 e. The van der Waals surface area contributed by atoms with Gasteiger partial charge in [-0.15, -0.1) is 36.6 Å². The van der Waals surface area contributed by atoms with E-state index >= 15 is 0 Å². The Morgan fingerprint density at radius 2 is 1.91 bits per heavy atom. The van der Waals surface area contributed by atoms with Crippen LogP contribution in [0.5, 0.6) is 0 Å². The maximum atomic E-state index is 13.2. The molecular weight excluding hydrogens is 483 g/mol. The molecule has 0 fully saturated rings. The van der Waals surface area contributed by atoms with E-state index in [1.807, 2.05) is 36.6 Å². The van der Waals surface area contributed by atoms with Gasteiger partial charge in [-0.1, -0.05) is 30.3 Å². The SMILES string of the molecule is CNC(=O)Cc1cc(N)c(-n2c(SC)cnc(NCCc3ccccc3)c2=O)nc1C.Cl.Cl. The van der Waals surface area contributed by atoms with E-state index in [4.69, 9.17) is 5.73 Å². The highest BCUT2D eigenvalue weighted by molar-refractivity contribution is 7.98. The maximum Gasteiger partial charge on any atom is 0.299 e. The second-order valence-corrected chi connectivity index (χ2v) is 7.77. The van der Waals surface area contributed by atoms with E-state index in [0.29, 0.717) is 28.8 Å². The van der Waals surface area contributed by atoms with Crippen molar-refractivity contribution in [2.24, 2.45) is 0 Å². The molecule has 2 heterocycles. The Kier molecular flexibility index (Phi) is 11.2. The average Bonchev–Trinajstić information content (AvgIpc) is 2.77. The molecule has 8 nitrogen and oxygen atoms in total. The van der Waals surface area contributed by atoms with Crippen LogP contribution in [0.25, 0.3) is 5.82 Å². The normalized spacial score (nSPS) is 10.0. The second kappa shape index (κ2) is 13.1. The number of thioether (sulfide) groups is 1. The molecule has 0 radical (unpaired) electrons. The van der Waals surface area contributed by atoms with Crippen molar-refractivity contribution in [1.82, 2.24) is 19.9 Å². The van der Waals surface area contributed by atoms with Gasteiger partial charge in [0.15, 0.2) is 11.6 Å². The van der Waals surface area contributed by atoms with Crippen LogP contribution in [-0.4, -0.2) is 40.3 Å². The van der Waals surface area contributed by atoms with E-state index in [0.717, 1.165) is 12.0 Å². The van der Waals surface area contributed by atoms with Gasteiger partial charge in [-0.2, -0.15) is 0 Å². The lowest BCUT2D eigenvalue weighted by atomic mass is 10.1. The molecule has 3 rings (SSSR count). The van der Waals surface area contributed by atoms with E-state index in [-0.39, 0.29) is 48.5 Å². The predicted octanol–water partition coefficient (Wildman–Crippen LogP) is 3.03. The summed E-state index contributed by atoms with van der Waals surface area (Å²) in [6.07, 6.45) is 4.43. The molecule has 3 aromatic rings. The van der Waals surface area contributed by atoms with Gasteiger partial charge in [-0.25, -0.2) is 14.5 Å². The minimum absolute atomic E-state index is 0. The summed E-state index contributed by atoms with van der Waals surface area (Å²) in [6, 6.07) is 11.7. The van der Waals surface area contributed by atoms with Crippen molar-refractivity contribution in [3.8, 4) is 5.82 Å². The molecule has 0 saturated carbocycles. The summed E-state index contributed by atoms with van der Waals surface area (Å²) in [6.45, 7) is 2.36. The lowest BCUT2D eigenvalue weighted by Crippen LogP contribution is -2.27. The van der Waals surface area contributed by atoms with Crippen molar-refractivity contribution < 1.29 is 4.79 Å². The number of hydrogen-bond acceptors (Lipinski definition) is 7. The zero-order chi connectivity index (χ0) is 22.4. The van der Waals surface area contributed by atoms with Crippen LogP contribution in [0, 0.1) is 6.92 Å².